The molecule has 0 aromatic heterocycles. The second-order valence-corrected chi connectivity index (χ2v) is 14.9. The van der Waals surface area contributed by atoms with Crippen LogP contribution >= 0.6 is 0 Å². The average molecular weight is 455 g/mol. The fourth-order valence-corrected chi connectivity index (χ4v) is 11.8. The van der Waals surface area contributed by atoms with Gasteiger partial charge in [0.15, 0.2) is 0 Å². The van der Waals surface area contributed by atoms with E-state index in [2.05, 4.69) is 55.0 Å². The maximum Gasteiger partial charge on any atom is 0.0568 e. The largest absolute Gasteiger partial charge is 0.393 e. The van der Waals surface area contributed by atoms with Crippen molar-refractivity contribution >= 4 is 0 Å². The van der Waals surface area contributed by atoms with Gasteiger partial charge in [-0.1, -0.05) is 53.7 Å². The molecule has 0 bridgehead atoms. The van der Waals surface area contributed by atoms with Gasteiger partial charge < -0.3 is 5.11 Å². The van der Waals surface area contributed by atoms with Crippen molar-refractivity contribution in [3.8, 4) is 0 Å². The van der Waals surface area contributed by atoms with Gasteiger partial charge in [-0.15, -0.1) is 0 Å². The Morgan fingerprint density at radius 2 is 1.64 bits per heavy atom. The summed E-state index contributed by atoms with van der Waals surface area (Å²) in [7, 11) is 0. The number of rotatable bonds is 6. The number of aliphatic hydroxyl groups is 1. The fourth-order valence-electron chi connectivity index (χ4n) is 11.8. The van der Waals surface area contributed by atoms with Gasteiger partial charge in [-0.3, -0.25) is 0 Å². The Kier molecular flexibility index (Phi) is 5.80. The lowest BCUT2D eigenvalue weighted by Gasteiger charge is -2.62. The van der Waals surface area contributed by atoms with Gasteiger partial charge in [0, 0.05) is 0 Å². The van der Waals surface area contributed by atoms with E-state index < -0.39 is 0 Å². The van der Waals surface area contributed by atoms with Gasteiger partial charge in [0.25, 0.3) is 0 Å². The smallest absolute Gasteiger partial charge is 0.0568 e. The van der Waals surface area contributed by atoms with Crippen molar-refractivity contribution < 1.29 is 5.11 Å². The zero-order chi connectivity index (χ0) is 24.0. The van der Waals surface area contributed by atoms with Crippen molar-refractivity contribution in [1.82, 2.24) is 0 Å². The predicted octanol–water partition coefficient (Wildman–Crippen LogP) is 8.66. The number of fused-ring (bicyclic) bond motifs is 2. The lowest BCUT2D eigenvalue weighted by molar-refractivity contribution is -0.143. The Bertz CT molecular complexity index is 783. The summed E-state index contributed by atoms with van der Waals surface area (Å²) in [6.45, 7) is 21.8. The van der Waals surface area contributed by atoms with Crippen LogP contribution in [0.3, 0.4) is 0 Å². The molecule has 33 heavy (non-hydrogen) atoms. The van der Waals surface area contributed by atoms with Gasteiger partial charge in [0.05, 0.1) is 6.10 Å². The Morgan fingerprint density at radius 1 is 0.909 bits per heavy atom. The molecule has 0 aliphatic heterocycles. The van der Waals surface area contributed by atoms with Crippen LogP contribution < -0.4 is 0 Å². The summed E-state index contributed by atoms with van der Waals surface area (Å²) < 4.78 is 0. The fraction of sp³-hybridized carbons (Fsp3) is 0.938. The molecule has 1 nitrogen and oxygen atoms in total. The molecule has 0 aromatic rings. The maximum atomic E-state index is 10.6. The SMILES string of the molecule is C=C(C)C(CC[C@@H](C)[C@H]1CC[C@@]2(C)[C@@H]3CC[C@H]4[C@H](C)[C@@H](O)CC[C@@]45C[C@@]35CC[C@]12C)C(C)C. The third-order valence-electron chi connectivity index (χ3n) is 13.8. The molecule has 5 aliphatic carbocycles. The minimum atomic E-state index is -0.0372. The van der Waals surface area contributed by atoms with Crippen LogP contribution in [0.25, 0.3) is 0 Å². The first-order valence-electron chi connectivity index (χ1n) is 14.8. The van der Waals surface area contributed by atoms with Crippen LogP contribution in [0.5, 0.6) is 0 Å². The summed E-state index contributed by atoms with van der Waals surface area (Å²) in [5, 5.41) is 10.6. The highest BCUT2D eigenvalue weighted by atomic mass is 16.3. The quantitative estimate of drug-likeness (QED) is 0.398. The van der Waals surface area contributed by atoms with Crippen LogP contribution in [-0.4, -0.2) is 11.2 Å². The molecule has 188 valence electrons. The summed E-state index contributed by atoms with van der Waals surface area (Å²) in [5.74, 6) is 5.41. The Hall–Kier alpha value is -0.300. The van der Waals surface area contributed by atoms with Crippen LogP contribution in [-0.2, 0) is 0 Å². The highest BCUT2D eigenvalue weighted by Crippen LogP contribution is 2.88. The molecule has 2 spiro atoms. The molecule has 5 rings (SSSR count). The Balaban J connectivity index is 1.35. The third kappa shape index (κ3) is 3.12. The van der Waals surface area contributed by atoms with Crippen molar-refractivity contribution in [3.63, 3.8) is 0 Å². The molecular formula is C32H54O. The Morgan fingerprint density at radius 3 is 2.30 bits per heavy atom. The standard InChI is InChI=1S/C32H54O/c1-20(2)24(21(3)4)10-9-22(5)25-13-15-30(8)28-12-11-26-23(6)27(33)14-16-31(26)19-32(28,31)18-17-29(25,30)7/h21-28,33H,1,9-19H2,2-8H3/t22-,23+,24?,25-,26+,27+,28+,29-,30+,31-,32+/m1/s1. The molecule has 5 saturated carbocycles. The second kappa shape index (κ2) is 7.85. The van der Waals surface area contributed by atoms with Gasteiger partial charge in [-0.05, 0) is 141 Å². The van der Waals surface area contributed by atoms with Crippen LogP contribution in [0.4, 0.5) is 0 Å². The highest BCUT2D eigenvalue weighted by Gasteiger charge is 2.81. The molecule has 5 fully saturated rings. The van der Waals surface area contributed by atoms with Gasteiger partial charge in [-0.25, -0.2) is 0 Å². The highest BCUT2D eigenvalue weighted by molar-refractivity contribution is 5.29. The summed E-state index contributed by atoms with van der Waals surface area (Å²) in [6.07, 6.45) is 15.3. The van der Waals surface area contributed by atoms with Gasteiger partial charge in [-0.2, -0.15) is 0 Å². The molecule has 1 N–H and O–H groups in total. The van der Waals surface area contributed by atoms with Gasteiger partial charge in [0.1, 0.15) is 0 Å². The average Bonchev–Trinajstić information content (AvgIpc) is 3.33. The number of aliphatic hydroxyl groups excluding tert-OH is 1. The molecule has 1 unspecified atom stereocenters. The van der Waals surface area contributed by atoms with E-state index in [-0.39, 0.29) is 6.10 Å². The van der Waals surface area contributed by atoms with E-state index >= 15 is 0 Å². The van der Waals surface area contributed by atoms with Crippen LogP contribution in [0.2, 0.25) is 0 Å². The minimum Gasteiger partial charge on any atom is -0.393 e. The molecule has 1 heteroatoms. The molecular weight excluding hydrogens is 400 g/mol. The third-order valence-corrected chi connectivity index (χ3v) is 13.8. The molecule has 11 atom stereocenters. The van der Waals surface area contributed by atoms with Crippen molar-refractivity contribution in [1.29, 1.82) is 0 Å². The molecule has 0 aromatic carbocycles. The first-order chi connectivity index (χ1) is 15.4. The molecule has 0 heterocycles. The lowest BCUT2D eigenvalue weighted by atomic mass is 9.43. The van der Waals surface area contributed by atoms with E-state index in [1.165, 1.54) is 69.8 Å². The van der Waals surface area contributed by atoms with Gasteiger partial charge >= 0.3 is 0 Å². The normalized spacial score (nSPS) is 52.3. The second-order valence-electron chi connectivity index (χ2n) is 14.9. The number of hydrogen-bond acceptors (Lipinski definition) is 1. The van der Waals surface area contributed by atoms with Crippen LogP contribution in [0.1, 0.15) is 119 Å². The predicted molar refractivity (Wildman–Crippen MR) is 140 cm³/mol. The summed E-state index contributed by atoms with van der Waals surface area (Å²) in [6, 6.07) is 0. The zero-order valence-electron chi connectivity index (χ0n) is 23.1. The topological polar surface area (TPSA) is 20.2 Å². The monoisotopic (exact) mass is 454 g/mol. The van der Waals surface area contributed by atoms with E-state index in [0.717, 1.165) is 30.1 Å². The minimum absolute atomic E-state index is 0.0372. The van der Waals surface area contributed by atoms with Crippen LogP contribution in [0, 0.1) is 63.1 Å². The summed E-state index contributed by atoms with van der Waals surface area (Å²) >= 11 is 0. The van der Waals surface area contributed by atoms with Crippen LogP contribution in [0.15, 0.2) is 12.2 Å². The van der Waals surface area contributed by atoms with E-state index in [4.69, 9.17) is 0 Å². The van der Waals surface area contributed by atoms with E-state index in [0.29, 0.717) is 39.4 Å². The Labute approximate surface area is 205 Å². The summed E-state index contributed by atoms with van der Waals surface area (Å²) in [4.78, 5) is 0. The first kappa shape index (κ1) is 24.4. The maximum absolute atomic E-state index is 10.6. The summed E-state index contributed by atoms with van der Waals surface area (Å²) in [5.41, 5.74) is 3.69. The number of hydrogen-bond donors (Lipinski definition) is 1. The zero-order valence-corrected chi connectivity index (χ0v) is 23.1. The molecule has 5 aliphatic rings. The molecule has 0 saturated heterocycles. The van der Waals surface area contributed by atoms with Crippen molar-refractivity contribution in [2.75, 3.05) is 0 Å². The van der Waals surface area contributed by atoms with Crippen molar-refractivity contribution in [2.45, 2.75) is 125 Å². The molecule has 0 radical (unpaired) electrons. The van der Waals surface area contributed by atoms with Crippen molar-refractivity contribution in [2.24, 2.45) is 63.1 Å². The number of allylic oxidation sites excluding steroid dienone is 1. The molecule has 0 amide bonds. The van der Waals surface area contributed by atoms with Crippen molar-refractivity contribution in [3.05, 3.63) is 12.2 Å². The van der Waals surface area contributed by atoms with E-state index in [1.54, 1.807) is 0 Å². The van der Waals surface area contributed by atoms with Gasteiger partial charge in [0.2, 0.25) is 0 Å². The first-order valence-corrected chi connectivity index (χ1v) is 14.8. The van der Waals surface area contributed by atoms with E-state index in [9.17, 15) is 5.11 Å². The lowest BCUT2D eigenvalue weighted by Crippen LogP contribution is -2.55. The van der Waals surface area contributed by atoms with E-state index in [1.807, 2.05) is 0 Å².